The van der Waals surface area contributed by atoms with E-state index in [-0.39, 0.29) is 16.7 Å². The maximum absolute atomic E-state index is 13.8. The van der Waals surface area contributed by atoms with E-state index in [0.29, 0.717) is 11.3 Å². The zero-order valence-electron chi connectivity index (χ0n) is 14.7. The first-order chi connectivity index (χ1) is 11.2. The molecule has 2 atom stereocenters. The van der Waals surface area contributed by atoms with E-state index in [1.807, 2.05) is 30.3 Å². The molecule has 2 unspecified atom stereocenters. The quantitative estimate of drug-likeness (QED) is 0.800. The summed E-state index contributed by atoms with van der Waals surface area (Å²) in [4.78, 5) is 0.450. The molecular weight excluding hydrogens is 316 g/mol. The molecular formula is C21H24O2S. The van der Waals surface area contributed by atoms with Gasteiger partial charge in [0.15, 0.2) is 9.84 Å². The highest BCUT2D eigenvalue weighted by molar-refractivity contribution is 7.93. The van der Waals surface area contributed by atoms with Crippen LogP contribution in [0, 0.1) is 10.8 Å². The fourth-order valence-electron chi connectivity index (χ4n) is 5.39. The van der Waals surface area contributed by atoms with Gasteiger partial charge >= 0.3 is 0 Å². The van der Waals surface area contributed by atoms with Crippen molar-refractivity contribution >= 4 is 9.84 Å². The monoisotopic (exact) mass is 340 g/mol. The van der Waals surface area contributed by atoms with E-state index in [4.69, 9.17) is 0 Å². The molecule has 0 saturated heterocycles. The second-order valence-corrected chi connectivity index (χ2v) is 10.6. The molecule has 0 N–H and O–H groups in total. The zero-order valence-corrected chi connectivity index (χ0v) is 15.5. The first-order valence-electron chi connectivity index (χ1n) is 8.55. The summed E-state index contributed by atoms with van der Waals surface area (Å²) in [6, 6.07) is 17.3. The molecule has 1 fully saturated rings. The minimum Gasteiger partial charge on any atom is -0.223 e. The molecule has 0 radical (unpaired) electrons. The Morgan fingerprint density at radius 1 is 0.875 bits per heavy atom. The van der Waals surface area contributed by atoms with Crippen molar-refractivity contribution in [2.24, 2.45) is 10.8 Å². The van der Waals surface area contributed by atoms with Gasteiger partial charge in [0.2, 0.25) is 0 Å². The summed E-state index contributed by atoms with van der Waals surface area (Å²) in [5.41, 5.74) is 2.04. The summed E-state index contributed by atoms with van der Waals surface area (Å²) in [5.74, 6) is 0.0430. The Labute approximate surface area is 144 Å². The van der Waals surface area contributed by atoms with Crippen molar-refractivity contribution in [2.45, 2.75) is 49.7 Å². The van der Waals surface area contributed by atoms with Gasteiger partial charge in [-0.05, 0) is 40.5 Å². The largest absolute Gasteiger partial charge is 0.223 e. The molecule has 0 aliphatic heterocycles. The topological polar surface area (TPSA) is 34.1 Å². The highest BCUT2D eigenvalue weighted by Gasteiger charge is 2.79. The predicted octanol–water partition coefficient (Wildman–Crippen LogP) is 4.61. The van der Waals surface area contributed by atoms with E-state index in [0.717, 1.165) is 0 Å². The first kappa shape index (κ1) is 15.9. The van der Waals surface area contributed by atoms with Crippen LogP contribution >= 0.6 is 0 Å². The van der Waals surface area contributed by atoms with Gasteiger partial charge in [-0.15, -0.1) is 0 Å². The number of hydrogen-bond acceptors (Lipinski definition) is 2. The molecule has 0 bridgehead atoms. The standard InChI is InChI=1S/C21H24O2S/c1-19(2)18-17-13-9-8-10-15(17)14-21(18,20(19,3)4)24(22,23)16-11-6-5-7-12-16/h5-13,18H,14H2,1-4H3. The minimum absolute atomic E-state index is 0.0430. The van der Waals surface area contributed by atoms with E-state index in [1.54, 1.807) is 12.1 Å². The molecule has 0 spiro atoms. The van der Waals surface area contributed by atoms with Crippen LogP contribution in [0.4, 0.5) is 0 Å². The molecule has 24 heavy (non-hydrogen) atoms. The van der Waals surface area contributed by atoms with E-state index in [9.17, 15) is 8.42 Å². The van der Waals surface area contributed by atoms with Gasteiger partial charge in [-0.2, -0.15) is 0 Å². The molecule has 126 valence electrons. The maximum Gasteiger partial charge on any atom is 0.185 e. The Morgan fingerprint density at radius 3 is 2.12 bits per heavy atom. The lowest BCUT2D eigenvalue weighted by Gasteiger charge is -2.69. The normalized spacial score (nSPS) is 29.4. The molecule has 0 heterocycles. The van der Waals surface area contributed by atoms with E-state index < -0.39 is 14.6 Å². The van der Waals surface area contributed by atoms with Crippen molar-refractivity contribution in [1.82, 2.24) is 0 Å². The van der Waals surface area contributed by atoms with Gasteiger partial charge in [0.05, 0.1) is 9.64 Å². The van der Waals surface area contributed by atoms with Crippen LogP contribution in [-0.2, 0) is 16.3 Å². The number of sulfone groups is 1. The van der Waals surface area contributed by atoms with Gasteiger partial charge in [0.1, 0.15) is 0 Å². The molecule has 0 aromatic heterocycles. The van der Waals surface area contributed by atoms with Gasteiger partial charge < -0.3 is 0 Å². The second-order valence-electron chi connectivity index (χ2n) is 8.36. The van der Waals surface area contributed by atoms with E-state index >= 15 is 0 Å². The van der Waals surface area contributed by atoms with Crippen molar-refractivity contribution in [3.8, 4) is 0 Å². The fraction of sp³-hybridized carbons (Fsp3) is 0.429. The summed E-state index contributed by atoms with van der Waals surface area (Å²) >= 11 is 0. The van der Waals surface area contributed by atoms with Crippen LogP contribution in [-0.4, -0.2) is 13.2 Å². The SMILES string of the molecule is CC1(C)C2c3ccccc3CC2(S(=O)(=O)c2ccccc2)C1(C)C. The third kappa shape index (κ3) is 1.50. The molecule has 2 aromatic rings. The zero-order chi connectivity index (χ0) is 17.4. The van der Waals surface area contributed by atoms with E-state index in [2.05, 4.69) is 39.8 Å². The average molecular weight is 340 g/mol. The highest BCUT2D eigenvalue weighted by atomic mass is 32.2. The average Bonchev–Trinajstić information content (AvgIpc) is 2.91. The molecule has 2 aliphatic carbocycles. The van der Waals surface area contributed by atoms with Crippen molar-refractivity contribution in [3.63, 3.8) is 0 Å². The molecule has 3 heteroatoms. The molecule has 2 aliphatic rings. The highest BCUT2D eigenvalue weighted by Crippen LogP contribution is 2.77. The van der Waals surface area contributed by atoms with Crippen molar-refractivity contribution < 1.29 is 8.42 Å². The van der Waals surface area contributed by atoms with Gasteiger partial charge in [-0.3, -0.25) is 0 Å². The lowest BCUT2D eigenvalue weighted by molar-refractivity contribution is -0.0930. The van der Waals surface area contributed by atoms with E-state index in [1.165, 1.54) is 11.1 Å². The summed E-state index contributed by atoms with van der Waals surface area (Å²) in [6.45, 7) is 8.71. The van der Waals surface area contributed by atoms with Crippen LogP contribution in [0.1, 0.15) is 44.7 Å². The predicted molar refractivity (Wildman–Crippen MR) is 96.8 cm³/mol. The first-order valence-corrected chi connectivity index (χ1v) is 10.0. The number of benzene rings is 2. The third-order valence-corrected chi connectivity index (χ3v) is 9.95. The van der Waals surface area contributed by atoms with Crippen LogP contribution in [0.25, 0.3) is 0 Å². The van der Waals surface area contributed by atoms with Crippen molar-refractivity contribution in [1.29, 1.82) is 0 Å². The second kappa shape index (κ2) is 4.51. The number of fused-ring (bicyclic) bond motifs is 3. The Kier molecular flexibility index (Phi) is 2.99. The Hall–Kier alpha value is -1.61. The van der Waals surface area contributed by atoms with Crippen molar-refractivity contribution in [3.05, 3.63) is 65.7 Å². The van der Waals surface area contributed by atoms with Gasteiger partial charge in [0.25, 0.3) is 0 Å². The van der Waals surface area contributed by atoms with Crippen LogP contribution in [0.2, 0.25) is 0 Å². The van der Waals surface area contributed by atoms with Crippen LogP contribution in [0.3, 0.4) is 0 Å². The maximum atomic E-state index is 13.8. The molecule has 2 aromatic carbocycles. The van der Waals surface area contributed by atoms with Gasteiger partial charge in [-0.25, -0.2) is 8.42 Å². The summed E-state index contributed by atoms with van der Waals surface area (Å²) in [6.07, 6.45) is 0.613. The van der Waals surface area contributed by atoms with Gasteiger partial charge in [-0.1, -0.05) is 70.2 Å². The van der Waals surface area contributed by atoms with Gasteiger partial charge in [0, 0.05) is 5.92 Å². The van der Waals surface area contributed by atoms with Crippen molar-refractivity contribution in [2.75, 3.05) is 0 Å². The lowest BCUT2D eigenvalue weighted by Crippen LogP contribution is -2.73. The Balaban J connectivity index is 2.00. The fourth-order valence-corrected chi connectivity index (χ4v) is 8.34. The number of rotatable bonds is 2. The molecule has 0 amide bonds. The molecule has 2 nitrogen and oxygen atoms in total. The lowest BCUT2D eigenvalue weighted by atomic mass is 9.40. The number of hydrogen-bond donors (Lipinski definition) is 0. The summed E-state index contributed by atoms with van der Waals surface area (Å²) < 4.78 is 26.8. The Bertz CT molecular complexity index is 910. The third-order valence-electron chi connectivity index (χ3n) is 7.21. The Morgan fingerprint density at radius 2 is 1.46 bits per heavy atom. The summed E-state index contributed by atoms with van der Waals surface area (Å²) in [5, 5.41) is 0. The molecule has 1 saturated carbocycles. The minimum atomic E-state index is -3.45. The smallest absolute Gasteiger partial charge is 0.185 e. The molecule has 4 rings (SSSR count). The van der Waals surface area contributed by atoms with Crippen LogP contribution in [0.5, 0.6) is 0 Å². The van der Waals surface area contributed by atoms with Crippen LogP contribution < -0.4 is 0 Å². The summed E-state index contributed by atoms with van der Waals surface area (Å²) in [7, 11) is -3.45. The van der Waals surface area contributed by atoms with Crippen LogP contribution in [0.15, 0.2) is 59.5 Å².